The lowest BCUT2D eigenvalue weighted by atomic mass is 10.1. The molecule has 5 nitrogen and oxygen atoms in total. The van der Waals surface area contributed by atoms with Gasteiger partial charge in [0.2, 0.25) is 0 Å². The van der Waals surface area contributed by atoms with E-state index >= 15 is 0 Å². The predicted octanol–water partition coefficient (Wildman–Crippen LogP) is 6.07. The van der Waals surface area contributed by atoms with E-state index in [9.17, 15) is 13.2 Å². The molecule has 9 heteroatoms. The Morgan fingerprint density at radius 3 is 2.50 bits per heavy atom. The first-order valence-electron chi connectivity index (χ1n) is 9.34. The largest absolute Gasteiger partial charge is 0.355 e. The van der Waals surface area contributed by atoms with Crippen LogP contribution in [0.15, 0.2) is 76.8 Å². The van der Waals surface area contributed by atoms with Gasteiger partial charge in [-0.3, -0.25) is 4.99 Å². The summed E-state index contributed by atoms with van der Waals surface area (Å²) in [5.74, 6) is 3.28. The van der Waals surface area contributed by atoms with Crippen molar-refractivity contribution in [2.45, 2.75) is 0 Å². The number of anilines is 2. The molecule has 0 aliphatic heterocycles. The Labute approximate surface area is 195 Å². The van der Waals surface area contributed by atoms with Gasteiger partial charge in [0.1, 0.15) is 11.5 Å². The van der Waals surface area contributed by atoms with Crippen molar-refractivity contribution in [3.05, 3.63) is 93.4 Å². The van der Waals surface area contributed by atoms with Crippen LogP contribution in [0.3, 0.4) is 0 Å². The van der Waals surface area contributed by atoms with Gasteiger partial charge in [-0.05, 0) is 77.2 Å². The van der Waals surface area contributed by atoms with E-state index in [4.69, 9.17) is 5.84 Å². The van der Waals surface area contributed by atoms with E-state index in [-0.39, 0.29) is 17.2 Å². The molecule has 0 aliphatic carbocycles. The molecule has 32 heavy (non-hydrogen) atoms. The van der Waals surface area contributed by atoms with Crippen LogP contribution in [-0.2, 0) is 0 Å². The van der Waals surface area contributed by atoms with Gasteiger partial charge in [0, 0.05) is 22.8 Å². The van der Waals surface area contributed by atoms with Gasteiger partial charge < -0.3 is 11.2 Å². The molecule has 4 rings (SSSR count). The quantitative estimate of drug-likeness (QED) is 0.139. The molecule has 0 radical (unpaired) electrons. The van der Waals surface area contributed by atoms with E-state index in [1.54, 1.807) is 18.2 Å². The Balaban J connectivity index is 1.63. The number of nitrogens with two attached hydrogens (primary N) is 1. The Hall–Kier alpha value is -3.47. The number of hydrogen-bond acceptors (Lipinski definition) is 5. The number of nitrogens with zero attached hydrogens (tertiary/aromatic N) is 3. The first-order valence-corrected chi connectivity index (χ1v) is 10.4. The molecule has 0 fully saturated rings. The van der Waals surface area contributed by atoms with Crippen molar-refractivity contribution in [2.75, 3.05) is 5.32 Å². The van der Waals surface area contributed by atoms with Gasteiger partial charge in [-0.15, -0.1) is 0 Å². The number of rotatable bonds is 5. The highest BCUT2D eigenvalue weighted by Gasteiger charge is 2.09. The summed E-state index contributed by atoms with van der Waals surface area (Å²) in [4.78, 5) is 8.69. The van der Waals surface area contributed by atoms with Crippen LogP contribution in [0.2, 0.25) is 0 Å². The van der Waals surface area contributed by atoms with E-state index in [0.717, 1.165) is 28.9 Å². The molecular formula is C23H15F3IN5. The number of fused-ring (bicyclic) bond motifs is 1. The Morgan fingerprint density at radius 1 is 0.938 bits per heavy atom. The summed E-state index contributed by atoms with van der Waals surface area (Å²) < 4.78 is 40.5. The second kappa shape index (κ2) is 9.35. The number of hydrazone groups is 1. The summed E-state index contributed by atoms with van der Waals surface area (Å²) in [6, 6.07) is 17.2. The number of benzene rings is 3. The number of aromatic nitrogens is 1. The SMILES string of the molecule is NN=C(C=Nc1ccc(F)c(F)c1)c1ccc2c(Nc3ccc(F)c(I)c3)cccc2n1. The highest BCUT2D eigenvalue weighted by molar-refractivity contribution is 14.1. The molecule has 0 unspecified atom stereocenters. The standard InChI is InChI=1S/C23H15F3IN5/c24-16-7-4-13(10-18(16)26)29-12-23(32-28)22-9-6-15-20(2-1-3-21(15)31-22)30-14-5-8-17(25)19(27)11-14/h1-12,30H,28H2. The van der Waals surface area contributed by atoms with Crippen LogP contribution in [0, 0.1) is 21.0 Å². The van der Waals surface area contributed by atoms with E-state index in [2.05, 4.69) is 20.4 Å². The van der Waals surface area contributed by atoms with Gasteiger partial charge in [-0.1, -0.05) is 6.07 Å². The van der Waals surface area contributed by atoms with Crippen LogP contribution >= 0.6 is 22.6 Å². The van der Waals surface area contributed by atoms with Gasteiger partial charge in [0.05, 0.1) is 26.7 Å². The Morgan fingerprint density at radius 2 is 1.75 bits per heavy atom. The van der Waals surface area contributed by atoms with Crippen LogP contribution in [0.25, 0.3) is 10.9 Å². The molecule has 160 valence electrons. The van der Waals surface area contributed by atoms with Gasteiger partial charge in [0.25, 0.3) is 0 Å². The summed E-state index contributed by atoms with van der Waals surface area (Å²) in [5, 5.41) is 7.83. The fourth-order valence-corrected chi connectivity index (χ4v) is 3.52. The van der Waals surface area contributed by atoms with Crippen LogP contribution in [0.1, 0.15) is 5.69 Å². The molecule has 0 atom stereocenters. The van der Waals surface area contributed by atoms with Crippen LogP contribution < -0.4 is 11.2 Å². The minimum absolute atomic E-state index is 0.214. The molecule has 0 amide bonds. The van der Waals surface area contributed by atoms with Crippen molar-refractivity contribution >= 4 is 62.5 Å². The zero-order valence-electron chi connectivity index (χ0n) is 16.4. The zero-order chi connectivity index (χ0) is 22.7. The molecule has 4 aromatic rings. The van der Waals surface area contributed by atoms with Crippen molar-refractivity contribution in [1.82, 2.24) is 4.98 Å². The summed E-state index contributed by atoms with van der Waals surface area (Å²) in [6.07, 6.45) is 1.34. The molecular weight excluding hydrogens is 530 g/mol. The first-order chi connectivity index (χ1) is 15.4. The van der Waals surface area contributed by atoms with E-state index < -0.39 is 11.6 Å². The number of nitrogens with one attached hydrogen (secondary N) is 1. The third-order valence-electron chi connectivity index (χ3n) is 4.57. The molecule has 1 heterocycles. The molecule has 3 aromatic carbocycles. The van der Waals surface area contributed by atoms with Gasteiger partial charge in [0.15, 0.2) is 11.6 Å². The average molecular weight is 545 g/mol. The van der Waals surface area contributed by atoms with Crippen molar-refractivity contribution < 1.29 is 13.2 Å². The molecule has 0 aliphatic rings. The van der Waals surface area contributed by atoms with E-state index in [0.29, 0.717) is 14.8 Å². The lowest BCUT2D eigenvalue weighted by molar-refractivity contribution is 0.509. The summed E-state index contributed by atoms with van der Waals surface area (Å²) in [7, 11) is 0. The normalized spacial score (nSPS) is 11.9. The molecule has 1 aromatic heterocycles. The summed E-state index contributed by atoms with van der Waals surface area (Å²) >= 11 is 1.94. The first kappa shape index (κ1) is 21.8. The van der Waals surface area contributed by atoms with E-state index in [1.165, 1.54) is 18.3 Å². The summed E-state index contributed by atoms with van der Waals surface area (Å²) in [5.41, 5.74) is 3.15. The number of aliphatic imine (C=N–C) groups is 1. The van der Waals surface area contributed by atoms with Crippen molar-refractivity contribution in [2.24, 2.45) is 15.9 Å². The highest BCUT2D eigenvalue weighted by Crippen LogP contribution is 2.27. The lowest BCUT2D eigenvalue weighted by Crippen LogP contribution is -2.08. The Bertz CT molecular complexity index is 1370. The molecule has 0 saturated carbocycles. The van der Waals surface area contributed by atoms with Crippen molar-refractivity contribution in [1.29, 1.82) is 0 Å². The zero-order valence-corrected chi connectivity index (χ0v) is 18.5. The second-order valence-electron chi connectivity index (χ2n) is 6.69. The monoisotopic (exact) mass is 545 g/mol. The minimum atomic E-state index is -0.995. The average Bonchev–Trinajstić information content (AvgIpc) is 2.79. The van der Waals surface area contributed by atoms with Gasteiger partial charge >= 0.3 is 0 Å². The lowest BCUT2D eigenvalue weighted by Gasteiger charge is -2.11. The third kappa shape index (κ3) is 4.72. The maximum absolute atomic E-state index is 13.5. The Kier molecular flexibility index (Phi) is 6.35. The van der Waals surface area contributed by atoms with E-state index in [1.807, 2.05) is 46.9 Å². The predicted molar refractivity (Wildman–Crippen MR) is 129 cm³/mol. The van der Waals surface area contributed by atoms with Crippen LogP contribution in [0.4, 0.5) is 30.2 Å². The maximum Gasteiger partial charge on any atom is 0.160 e. The van der Waals surface area contributed by atoms with Crippen LogP contribution in [0.5, 0.6) is 0 Å². The molecule has 3 N–H and O–H groups in total. The topological polar surface area (TPSA) is 75.7 Å². The number of pyridine rings is 1. The summed E-state index contributed by atoms with van der Waals surface area (Å²) in [6.45, 7) is 0. The fraction of sp³-hybridized carbons (Fsp3) is 0. The van der Waals surface area contributed by atoms with Crippen LogP contribution in [-0.4, -0.2) is 16.9 Å². The molecule has 0 spiro atoms. The fourth-order valence-electron chi connectivity index (χ4n) is 3.00. The van der Waals surface area contributed by atoms with Gasteiger partial charge in [-0.25, -0.2) is 18.2 Å². The molecule has 0 saturated heterocycles. The second-order valence-corrected chi connectivity index (χ2v) is 7.86. The number of halogens is 4. The van der Waals surface area contributed by atoms with Crippen molar-refractivity contribution in [3.63, 3.8) is 0 Å². The third-order valence-corrected chi connectivity index (χ3v) is 5.40. The maximum atomic E-state index is 13.5. The highest BCUT2D eigenvalue weighted by atomic mass is 127. The van der Waals surface area contributed by atoms with Crippen molar-refractivity contribution in [3.8, 4) is 0 Å². The minimum Gasteiger partial charge on any atom is -0.355 e. The molecule has 0 bridgehead atoms. The van der Waals surface area contributed by atoms with Gasteiger partial charge in [-0.2, -0.15) is 5.10 Å². The smallest absolute Gasteiger partial charge is 0.160 e. The number of hydrogen-bond donors (Lipinski definition) is 2.